The Morgan fingerprint density at radius 2 is 2.25 bits per heavy atom. The molecule has 0 atom stereocenters. The van der Waals surface area contributed by atoms with Gasteiger partial charge in [0.05, 0.1) is 5.69 Å². The third kappa shape index (κ3) is 1.94. The molecular formula is C12H13ClN2S. The van der Waals surface area contributed by atoms with Gasteiger partial charge in [-0.05, 0) is 17.7 Å². The highest BCUT2D eigenvalue weighted by atomic mass is 35.5. The Morgan fingerprint density at radius 3 is 3.19 bits per heavy atom. The lowest BCUT2D eigenvalue weighted by Crippen LogP contribution is -2.33. The highest BCUT2D eigenvalue weighted by Crippen LogP contribution is 2.31. The van der Waals surface area contributed by atoms with Crippen LogP contribution in [-0.2, 0) is 6.54 Å². The highest BCUT2D eigenvalue weighted by Gasteiger charge is 2.21. The Bertz CT molecular complexity index is 445. The number of hydrogen-bond acceptors (Lipinski definition) is 3. The molecule has 0 spiro atoms. The van der Waals surface area contributed by atoms with Gasteiger partial charge in [0, 0.05) is 36.0 Å². The quantitative estimate of drug-likeness (QED) is 0.704. The molecule has 2 aliphatic heterocycles. The molecule has 0 saturated carbocycles. The topological polar surface area (TPSA) is 15.6 Å². The molecule has 0 unspecified atom stereocenters. The predicted molar refractivity (Wildman–Crippen MR) is 70.9 cm³/mol. The fourth-order valence-electron chi connectivity index (χ4n) is 2.14. The Kier molecular flexibility index (Phi) is 2.82. The number of amidine groups is 1. The minimum absolute atomic E-state index is 0.777. The van der Waals surface area contributed by atoms with Gasteiger partial charge in [0.25, 0.3) is 0 Å². The molecule has 1 aromatic rings. The second-order valence-corrected chi connectivity index (χ2v) is 5.75. The van der Waals surface area contributed by atoms with E-state index in [-0.39, 0.29) is 0 Å². The van der Waals surface area contributed by atoms with Gasteiger partial charge in [0.2, 0.25) is 0 Å². The molecule has 0 radical (unpaired) electrons. The molecule has 0 aliphatic carbocycles. The van der Waals surface area contributed by atoms with E-state index in [1.807, 2.05) is 23.9 Å². The highest BCUT2D eigenvalue weighted by molar-refractivity contribution is 7.99. The number of hydrogen-bond donors (Lipinski definition) is 0. The zero-order valence-corrected chi connectivity index (χ0v) is 10.5. The van der Waals surface area contributed by atoms with Crippen LogP contribution in [0.1, 0.15) is 12.0 Å². The second-order valence-electron chi connectivity index (χ2n) is 4.08. The van der Waals surface area contributed by atoms with Gasteiger partial charge in [-0.1, -0.05) is 17.7 Å². The molecular weight excluding hydrogens is 240 g/mol. The first-order valence-corrected chi connectivity index (χ1v) is 7.05. The second kappa shape index (κ2) is 4.30. The minimum Gasteiger partial charge on any atom is -0.355 e. The summed E-state index contributed by atoms with van der Waals surface area (Å²) in [6.07, 6.45) is 1.08. The van der Waals surface area contributed by atoms with Crippen LogP contribution in [0.2, 0.25) is 5.02 Å². The minimum atomic E-state index is 0.777. The molecule has 1 fully saturated rings. The molecule has 84 valence electrons. The summed E-state index contributed by atoms with van der Waals surface area (Å²) >= 11 is 8.01. The van der Waals surface area contributed by atoms with Gasteiger partial charge >= 0.3 is 0 Å². The van der Waals surface area contributed by atoms with Crippen LogP contribution in [0.4, 0.5) is 5.69 Å². The lowest BCUT2D eigenvalue weighted by atomic mass is 10.1. The number of rotatable bonds is 0. The first-order chi connectivity index (χ1) is 7.83. The van der Waals surface area contributed by atoms with E-state index >= 15 is 0 Å². The maximum absolute atomic E-state index is 6.00. The fourth-order valence-corrected chi connectivity index (χ4v) is 3.19. The first kappa shape index (κ1) is 10.5. The molecule has 1 aromatic carbocycles. The summed E-state index contributed by atoms with van der Waals surface area (Å²) in [6, 6.07) is 6.02. The molecule has 16 heavy (non-hydrogen) atoms. The Labute approximate surface area is 105 Å². The van der Waals surface area contributed by atoms with Gasteiger partial charge < -0.3 is 4.90 Å². The number of aliphatic imine (C=N–C) groups is 1. The summed E-state index contributed by atoms with van der Waals surface area (Å²) in [4.78, 5) is 7.13. The van der Waals surface area contributed by atoms with Crippen LogP contribution >= 0.6 is 23.4 Å². The van der Waals surface area contributed by atoms with E-state index in [0.29, 0.717) is 0 Å². The van der Waals surface area contributed by atoms with Crippen molar-refractivity contribution in [2.24, 2.45) is 4.99 Å². The van der Waals surface area contributed by atoms with Crippen LogP contribution in [0.25, 0.3) is 0 Å². The average molecular weight is 253 g/mol. The monoisotopic (exact) mass is 252 g/mol. The van der Waals surface area contributed by atoms with Crippen LogP contribution in [0, 0.1) is 0 Å². The molecule has 2 heterocycles. The van der Waals surface area contributed by atoms with Crippen molar-refractivity contribution in [3.05, 3.63) is 28.8 Å². The SMILES string of the molecule is Clc1ccc2c(c1)N=C1CCSCCN1C2. The third-order valence-electron chi connectivity index (χ3n) is 3.00. The predicted octanol–water partition coefficient (Wildman–Crippen LogP) is 3.32. The van der Waals surface area contributed by atoms with Crippen molar-refractivity contribution in [1.82, 2.24) is 4.90 Å². The molecule has 0 amide bonds. The number of fused-ring (bicyclic) bond motifs is 2. The van der Waals surface area contributed by atoms with E-state index in [1.165, 1.54) is 22.9 Å². The normalized spacial score (nSPS) is 19.6. The molecule has 1 saturated heterocycles. The number of thioether (sulfide) groups is 1. The van der Waals surface area contributed by atoms with Gasteiger partial charge in [-0.3, -0.25) is 0 Å². The Morgan fingerprint density at radius 1 is 1.31 bits per heavy atom. The summed E-state index contributed by atoms with van der Waals surface area (Å²) in [5.74, 6) is 3.63. The van der Waals surface area contributed by atoms with E-state index < -0.39 is 0 Å². The zero-order valence-electron chi connectivity index (χ0n) is 8.95. The van der Waals surface area contributed by atoms with Crippen LogP contribution in [0.5, 0.6) is 0 Å². The molecule has 0 aromatic heterocycles. The van der Waals surface area contributed by atoms with Gasteiger partial charge in [0.15, 0.2) is 0 Å². The standard InChI is InChI=1S/C12H13ClN2S/c13-10-2-1-9-8-15-4-6-16-5-3-12(15)14-11(9)7-10/h1-2,7H,3-6,8H2. The number of benzene rings is 1. The number of nitrogens with zero attached hydrogens (tertiary/aromatic N) is 2. The van der Waals surface area contributed by atoms with Crippen molar-refractivity contribution in [3.8, 4) is 0 Å². The smallest absolute Gasteiger partial charge is 0.106 e. The summed E-state index contributed by atoms with van der Waals surface area (Å²) in [5, 5.41) is 0.777. The average Bonchev–Trinajstić information content (AvgIpc) is 2.50. The molecule has 0 N–H and O–H groups in total. The Balaban J connectivity index is 2.00. The fraction of sp³-hybridized carbons (Fsp3) is 0.417. The summed E-state index contributed by atoms with van der Waals surface area (Å²) < 4.78 is 0. The zero-order chi connectivity index (χ0) is 11.0. The lowest BCUT2D eigenvalue weighted by Gasteiger charge is -2.28. The lowest BCUT2D eigenvalue weighted by molar-refractivity contribution is 0.428. The largest absolute Gasteiger partial charge is 0.355 e. The summed E-state index contributed by atoms with van der Waals surface area (Å²) in [6.45, 7) is 2.11. The van der Waals surface area contributed by atoms with Crippen LogP contribution in [0.3, 0.4) is 0 Å². The van der Waals surface area contributed by atoms with Crippen molar-refractivity contribution in [3.63, 3.8) is 0 Å². The van der Waals surface area contributed by atoms with Gasteiger partial charge in [-0.15, -0.1) is 0 Å². The van der Waals surface area contributed by atoms with E-state index in [4.69, 9.17) is 16.6 Å². The van der Waals surface area contributed by atoms with Crippen molar-refractivity contribution in [2.45, 2.75) is 13.0 Å². The van der Waals surface area contributed by atoms with Crippen molar-refractivity contribution in [1.29, 1.82) is 0 Å². The van der Waals surface area contributed by atoms with Crippen molar-refractivity contribution < 1.29 is 0 Å². The maximum atomic E-state index is 6.00. The van der Waals surface area contributed by atoms with E-state index in [0.717, 1.165) is 30.2 Å². The van der Waals surface area contributed by atoms with Crippen LogP contribution in [-0.4, -0.2) is 28.8 Å². The van der Waals surface area contributed by atoms with Gasteiger partial charge in [-0.25, -0.2) is 4.99 Å². The molecule has 2 nitrogen and oxygen atoms in total. The maximum Gasteiger partial charge on any atom is 0.106 e. The van der Waals surface area contributed by atoms with Gasteiger partial charge in [0.1, 0.15) is 5.84 Å². The van der Waals surface area contributed by atoms with E-state index in [9.17, 15) is 0 Å². The van der Waals surface area contributed by atoms with E-state index in [2.05, 4.69) is 11.0 Å². The van der Waals surface area contributed by atoms with Crippen LogP contribution in [0.15, 0.2) is 23.2 Å². The van der Waals surface area contributed by atoms with Crippen molar-refractivity contribution >= 4 is 34.9 Å². The van der Waals surface area contributed by atoms with Crippen molar-refractivity contribution in [2.75, 3.05) is 18.1 Å². The molecule has 0 bridgehead atoms. The third-order valence-corrected chi connectivity index (χ3v) is 4.20. The number of halogens is 1. The molecule has 2 aliphatic rings. The van der Waals surface area contributed by atoms with Crippen LogP contribution < -0.4 is 0 Å². The summed E-state index contributed by atoms with van der Waals surface area (Å²) in [5.41, 5.74) is 2.35. The molecule has 3 rings (SSSR count). The first-order valence-electron chi connectivity index (χ1n) is 5.51. The summed E-state index contributed by atoms with van der Waals surface area (Å²) in [7, 11) is 0. The molecule has 4 heteroatoms. The Hall–Kier alpha value is -0.670. The van der Waals surface area contributed by atoms with Gasteiger partial charge in [-0.2, -0.15) is 11.8 Å². The van der Waals surface area contributed by atoms with E-state index in [1.54, 1.807) is 0 Å².